The molecule has 0 radical (unpaired) electrons. The lowest BCUT2D eigenvalue weighted by molar-refractivity contribution is -0.155. The van der Waals surface area contributed by atoms with Gasteiger partial charge in [0.15, 0.2) is 5.60 Å². The number of carboxylic acids is 1. The Morgan fingerprint density at radius 3 is 2.67 bits per heavy atom. The molecule has 1 unspecified atom stereocenters. The van der Waals surface area contributed by atoms with Crippen molar-refractivity contribution < 1.29 is 19.8 Å². The van der Waals surface area contributed by atoms with Crippen LogP contribution in [0, 0.1) is 6.92 Å². The Labute approximate surface area is 109 Å². The van der Waals surface area contributed by atoms with Crippen LogP contribution < -0.4 is 5.32 Å². The number of nitrogens with one attached hydrogen (secondary N) is 1. The number of carboxylic acid groups (broad SMARTS) is 1. The van der Waals surface area contributed by atoms with Gasteiger partial charge in [-0.3, -0.25) is 9.78 Å². The Morgan fingerprint density at radius 1 is 1.56 bits per heavy atom. The minimum Gasteiger partial charge on any atom is -0.479 e. The SMILES string of the molecule is Cc1cc(Cl)c(C(=O)NCC(C)(O)C(=O)O)cn1. The Bertz CT molecular complexity index is 488. The summed E-state index contributed by atoms with van der Waals surface area (Å²) in [5.74, 6) is -2.01. The molecule has 1 rings (SSSR count). The Kier molecular flexibility index (Phi) is 4.26. The van der Waals surface area contributed by atoms with Crippen molar-refractivity contribution in [2.24, 2.45) is 0 Å². The number of aromatic nitrogens is 1. The van der Waals surface area contributed by atoms with Crippen molar-refractivity contribution in [1.82, 2.24) is 10.3 Å². The summed E-state index contributed by atoms with van der Waals surface area (Å²) >= 11 is 5.86. The summed E-state index contributed by atoms with van der Waals surface area (Å²) in [5, 5.41) is 20.6. The maximum Gasteiger partial charge on any atom is 0.337 e. The third-order valence-corrected chi connectivity index (χ3v) is 2.60. The number of hydrogen-bond donors (Lipinski definition) is 3. The minimum atomic E-state index is -2.03. The van der Waals surface area contributed by atoms with E-state index in [1.807, 2.05) is 0 Å². The molecule has 0 saturated carbocycles. The summed E-state index contributed by atoms with van der Waals surface area (Å²) < 4.78 is 0. The van der Waals surface area contributed by atoms with Gasteiger partial charge < -0.3 is 15.5 Å². The second-order valence-electron chi connectivity index (χ2n) is 4.07. The molecule has 1 atom stereocenters. The van der Waals surface area contributed by atoms with Crippen LogP contribution in [0.25, 0.3) is 0 Å². The topological polar surface area (TPSA) is 99.5 Å². The van der Waals surface area contributed by atoms with E-state index in [-0.39, 0.29) is 10.6 Å². The average Bonchev–Trinajstić information content (AvgIpc) is 2.25. The highest BCUT2D eigenvalue weighted by Crippen LogP contribution is 2.15. The largest absolute Gasteiger partial charge is 0.479 e. The fourth-order valence-corrected chi connectivity index (χ4v) is 1.41. The molecule has 3 N–H and O–H groups in total. The summed E-state index contributed by atoms with van der Waals surface area (Å²) in [4.78, 5) is 26.3. The molecule has 0 bridgehead atoms. The third kappa shape index (κ3) is 3.41. The normalized spacial score (nSPS) is 13.8. The summed E-state index contributed by atoms with van der Waals surface area (Å²) in [6.07, 6.45) is 1.29. The van der Waals surface area contributed by atoms with Crippen molar-refractivity contribution in [1.29, 1.82) is 0 Å². The van der Waals surface area contributed by atoms with Crippen LogP contribution >= 0.6 is 11.6 Å². The zero-order valence-corrected chi connectivity index (χ0v) is 10.7. The molecule has 1 heterocycles. The molecule has 7 heteroatoms. The molecule has 0 saturated heterocycles. The van der Waals surface area contributed by atoms with E-state index in [1.54, 1.807) is 6.92 Å². The number of pyridine rings is 1. The number of aliphatic hydroxyl groups is 1. The van der Waals surface area contributed by atoms with Gasteiger partial charge in [-0.15, -0.1) is 0 Å². The number of hydrogen-bond acceptors (Lipinski definition) is 4. The summed E-state index contributed by atoms with van der Waals surface area (Å²) in [5.41, 5.74) is -1.24. The van der Waals surface area contributed by atoms with E-state index in [2.05, 4.69) is 10.3 Å². The predicted molar refractivity (Wildman–Crippen MR) is 64.6 cm³/mol. The molecule has 0 aliphatic rings. The highest BCUT2D eigenvalue weighted by atomic mass is 35.5. The molecule has 0 fully saturated rings. The molecule has 1 aromatic rings. The number of halogens is 1. The van der Waals surface area contributed by atoms with Crippen LogP contribution in [0.4, 0.5) is 0 Å². The summed E-state index contributed by atoms with van der Waals surface area (Å²) in [7, 11) is 0. The van der Waals surface area contributed by atoms with Crippen LogP contribution in [0.15, 0.2) is 12.3 Å². The minimum absolute atomic E-state index is 0.128. The van der Waals surface area contributed by atoms with Crippen molar-refractivity contribution in [3.05, 3.63) is 28.5 Å². The van der Waals surface area contributed by atoms with Gasteiger partial charge >= 0.3 is 5.97 Å². The van der Waals surface area contributed by atoms with Gasteiger partial charge in [0.1, 0.15) is 0 Å². The first-order valence-corrected chi connectivity index (χ1v) is 5.48. The van der Waals surface area contributed by atoms with Crippen molar-refractivity contribution >= 4 is 23.5 Å². The highest BCUT2D eigenvalue weighted by Gasteiger charge is 2.30. The molecular weight excluding hydrogens is 260 g/mol. The average molecular weight is 273 g/mol. The van der Waals surface area contributed by atoms with E-state index in [4.69, 9.17) is 16.7 Å². The standard InChI is InChI=1S/C11H13ClN2O4/c1-6-3-8(12)7(4-13-6)9(15)14-5-11(2,18)10(16)17/h3-4,18H,5H2,1-2H3,(H,14,15)(H,16,17). The fraction of sp³-hybridized carbons (Fsp3) is 0.364. The maximum absolute atomic E-state index is 11.7. The summed E-state index contributed by atoms with van der Waals surface area (Å²) in [6, 6.07) is 1.52. The van der Waals surface area contributed by atoms with Crippen LogP contribution in [-0.2, 0) is 4.79 Å². The zero-order valence-electron chi connectivity index (χ0n) is 9.90. The van der Waals surface area contributed by atoms with Gasteiger partial charge in [-0.25, -0.2) is 4.79 Å². The van der Waals surface area contributed by atoms with E-state index >= 15 is 0 Å². The first-order chi connectivity index (χ1) is 8.24. The van der Waals surface area contributed by atoms with Crippen LogP contribution in [0.2, 0.25) is 5.02 Å². The Balaban J connectivity index is 2.75. The predicted octanol–water partition coefficient (Wildman–Crippen LogP) is 0.609. The monoisotopic (exact) mass is 272 g/mol. The van der Waals surface area contributed by atoms with Gasteiger partial charge in [-0.2, -0.15) is 0 Å². The zero-order chi connectivity index (χ0) is 13.9. The summed E-state index contributed by atoms with van der Waals surface area (Å²) in [6.45, 7) is 2.39. The maximum atomic E-state index is 11.7. The first-order valence-electron chi connectivity index (χ1n) is 5.10. The van der Waals surface area contributed by atoms with Gasteiger partial charge in [0.2, 0.25) is 0 Å². The third-order valence-electron chi connectivity index (χ3n) is 2.29. The van der Waals surface area contributed by atoms with Crippen molar-refractivity contribution in [2.75, 3.05) is 6.54 Å². The number of rotatable bonds is 4. The number of aryl methyl sites for hydroxylation is 1. The fourth-order valence-electron chi connectivity index (χ4n) is 1.12. The van der Waals surface area contributed by atoms with E-state index in [0.717, 1.165) is 6.92 Å². The number of carbonyl (C=O) groups is 2. The van der Waals surface area contributed by atoms with Crippen molar-refractivity contribution in [2.45, 2.75) is 19.4 Å². The molecule has 1 aromatic heterocycles. The molecule has 0 aliphatic carbocycles. The highest BCUT2D eigenvalue weighted by molar-refractivity contribution is 6.33. The lowest BCUT2D eigenvalue weighted by atomic mass is 10.1. The molecule has 0 aliphatic heterocycles. The van der Waals surface area contributed by atoms with Gasteiger partial charge in [0, 0.05) is 11.9 Å². The van der Waals surface area contributed by atoms with E-state index in [1.165, 1.54) is 12.3 Å². The Hall–Kier alpha value is -1.66. The Morgan fingerprint density at radius 2 is 2.17 bits per heavy atom. The van der Waals surface area contributed by atoms with E-state index in [9.17, 15) is 14.7 Å². The molecule has 0 spiro atoms. The van der Waals surface area contributed by atoms with Gasteiger partial charge in [0.05, 0.1) is 17.1 Å². The van der Waals surface area contributed by atoms with Gasteiger partial charge in [0.25, 0.3) is 5.91 Å². The molecule has 0 aromatic carbocycles. The van der Waals surface area contributed by atoms with E-state index < -0.39 is 24.0 Å². The number of nitrogens with zero attached hydrogens (tertiary/aromatic N) is 1. The number of amides is 1. The first kappa shape index (κ1) is 14.4. The van der Waals surface area contributed by atoms with Gasteiger partial charge in [-0.05, 0) is 19.9 Å². The smallest absolute Gasteiger partial charge is 0.337 e. The van der Waals surface area contributed by atoms with E-state index in [0.29, 0.717) is 5.69 Å². The lowest BCUT2D eigenvalue weighted by Gasteiger charge is -2.18. The molecule has 18 heavy (non-hydrogen) atoms. The van der Waals surface area contributed by atoms with Crippen molar-refractivity contribution in [3.8, 4) is 0 Å². The lowest BCUT2D eigenvalue weighted by Crippen LogP contribution is -2.46. The quantitative estimate of drug-likeness (QED) is 0.746. The number of carbonyl (C=O) groups excluding carboxylic acids is 1. The van der Waals surface area contributed by atoms with Crippen LogP contribution in [0.5, 0.6) is 0 Å². The molecular formula is C11H13ClN2O4. The van der Waals surface area contributed by atoms with Crippen LogP contribution in [-0.4, -0.2) is 39.2 Å². The number of aliphatic carboxylic acids is 1. The molecule has 1 amide bonds. The van der Waals surface area contributed by atoms with Crippen molar-refractivity contribution in [3.63, 3.8) is 0 Å². The molecule has 98 valence electrons. The second kappa shape index (κ2) is 5.32. The second-order valence-corrected chi connectivity index (χ2v) is 4.47. The van der Waals surface area contributed by atoms with Crippen LogP contribution in [0.1, 0.15) is 23.0 Å². The van der Waals surface area contributed by atoms with Gasteiger partial charge in [-0.1, -0.05) is 11.6 Å². The molecule has 6 nitrogen and oxygen atoms in total. The van der Waals surface area contributed by atoms with Crippen LogP contribution in [0.3, 0.4) is 0 Å².